The SMILES string of the molecule is CC1(C)c2ccccc2-c2cc(-c3nc(-c4ccccc4)nc(-c4ccc(-c5cccc6sc7c(ccc8c(-c9ccccc9)nc9ccccc9c87)c56)cc4)n3)ccc21. The van der Waals surface area contributed by atoms with Crippen LogP contribution in [0.4, 0.5) is 0 Å². The van der Waals surface area contributed by atoms with Crippen molar-refractivity contribution in [3.05, 3.63) is 193 Å². The summed E-state index contributed by atoms with van der Waals surface area (Å²) in [5, 5.41) is 6.13. The number of para-hydroxylation sites is 1. The van der Waals surface area contributed by atoms with Crippen LogP contribution >= 0.6 is 11.3 Å². The maximum atomic E-state index is 5.20. The van der Waals surface area contributed by atoms with E-state index in [1.165, 1.54) is 64.1 Å². The summed E-state index contributed by atoms with van der Waals surface area (Å²) in [7, 11) is 0. The molecule has 5 heteroatoms. The van der Waals surface area contributed by atoms with Crippen LogP contribution in [0.15, 0.2) is 182 Å². The fourth-order valence-electron chi connectivity index (χ4n) is 9.38. The predicted octanol–water partition coefficient (Wildman–Crippen LogP) is 14.6. The van der Waals surface area contributed by atoms with Gasteiger partial charge in [0, 0.05) is 64.0 Å². The summed E-state index contributed by atoms with van der Waals surface area (Å²) in [5.41, 5.74) is 13.5. The third-order valence-electron chi connectivity index (χ3n) is 12.3. The third kappa shape index (κ3) is 5.36. The topological polar surface area (TPSA) is 51.6 Å². The average molecular weight is 785 g/mol. The van der Waals surface area contributed by atoms with Gasteiger partial charge in [-0.15, -0.1) is 11.3 Å². The number of benzene rings is 8. The van der Waals surface area contributed by atoms with Crippen LogP contribution in [0.1, 0.15) is 25.0 Å². The number of fused-ring (bicyclic) bond motifs is 10. The van der Waals surface area contributed by atoms with E-state index >= 15 is 0 Å². The number of nitrogens with zero attached hydrogens (tertiary/aromatic N) is 4. The number of thiophene rings is 1. The normalized spacial score (nSPS) is 13.0. The molecule has 0 aliphatic heterocycles. The van der Waals surface area contributed by atoms with Gasteiger partial charge in [-0.1, -0.05) is 178 Å². The first kappa shape index (κ1) is 34.7. The average Bonchev–Trinajstić information content (AvgIpc) is 3.81. The van der Waals surface area contributed by atoms with Gasteiger partial charge in [-0.2, -0.15) is 0 Å². The molecular weight excluding hydrogens is 749 g/mol. The largest absolute Gasteiger partial charge is 0.247 e. The summed E-state index contributed by atoms with van der Waals surface area (Å²) in [6.45, 7) is 4.61. The molecule has 0 atom stereocenters. The predicted molar refractivity (Wildman–Crippen MR) is 250 cm³/mol. The number of hydrogen-bond donors (Lipinski definition) is 0. The molecule has 0 saturated carbocycles. The molecule has 0 saturated heterocycles. The second kappa shape index (κ2) is 13.3. The molecule has 3 heterocycles. The highest BCUT2D eigenvalue weighted by atomic mass is 32.1. The Morgan fingerprint density at radius 2 is 0.967 bits per heavy atom. The van der Waals surface area contributed by atoms with Crippen LogP contribution in [-0.2, 0) is 5.41 Å². The fraction of sp³-hybridized carbons (Fsp3) is 0.0545. The van der Waals surface area contributed by atoms with E-state index in [0.717, 1.165) is 39.0 Å². The van der Waals surface area contributed by atoms with E-state index in [2.05, 4.69) is 178 Å². The molecule has 0 N–H and O–H groups in total. The minimum Gasteiger partial charge on any atom is -0.247 e. The van der Waals surface area contributed by atoms with Crippen LogP contribution in [0.2, 0.25) is 0 Å². The number of aromatic nitrogens is 4. The van der Waals surface area contributed by atoms with Crippen molar-refractivity contribution in [3.8, 4) is 67.7 Å². The summed E-state index contributed by atoms with van der Waals surface area (Å²) >= 11 is 1.87. The molecule has 3 aromatic heterocycles. The van der Waals surface area contributed by atoms with Crippen LogP contribution in [0, 0.1) is 0 Å². The van der Waals surface area contributed by atoms with E-state index in [9.17, 15) is 0 Å². The van der Waals surface area contributed by atoms with Gasteiger partial charge in [0.25, 0.3) is 0 Å². The van der Waals surface area contributed by atoms with Crippen molar-refractivity contribution in [1.82, 2.24) is 19.9 Å². The van der Waals surface area contributed by atoms with Gasteiger partial charge in [-0.3, -0.25) is 0 Å². The van der Waals surface area contributed by atoms with E-state index in [4.69, 9.17) is 19.9 Å². The van der Waals surface area contributed by atoms with Gasteiger partial charge in [0.15, 0.2) is 17.5 Å². The van der Waals surface area contributed by atoms with Gasteiger partial charge in [0.1, 0.15) is 0 Å². The molecule has 1 aliphatic rings. The monoisotopic (exact) mass is 784 g/mol. The molecule has 0 unspecified atom stereocenters. The molecule has 0 amide bonds. The standard InChI is InChI=1S/C55H36N4S/c1-55(2)44-21-11-9-18-39(44)43-32-37(28-31-45(43)55)54-58-52(35-16-7-4-8-17-35)57-53(59-54)36-26-24-33(25-27-36)38-20-13-23-47-48(38)42-30-29-41-49(51(42)60-47)40-19-10-12-22-46(40)56-50(41)34-14-5-3-6-15-34/h3-32H,1-2H3. The second-order valence-corrected chi connectivity index (χ2v) is 17.2. The van der Waals surface area contributed by atoms with Gasteiger partial charge in [-0.05, 0) is 51.6 Å². The van der Waals surface area contributed by atoms with Gasteiger partial charge in [0.2, 0.25) is 0 Å². The molecule has 11 aromatic rings. The lowest BCUT2D eigenvalue weighted by Crippen LogP contribution is -2.14. The molecule has 8 aromatic carbocycles. The van der Waals surface area contributed by atoms with Crippen molar-refractivity contribution in [1.29, 1.82) is 0 Å². The van der Waals surface area contributed by atoms with Crippen molar-refractivity contribution in [2.75, 3.05) is 0 Å². The Balaban J connectivity index is 0.986. The summed E-state index contributed by atoms with van der Waals surface area (Å²) < 4.78 is 2.54. The fourth-order valence-corrected chi connectivity index (χ4v) is 10.7. The van der Waals surface area contributed by atoms with E-state index in [1.54, 1.807) is 0 Å². The van der Waals surface area contributed by atoms with Gasteiger partial charge in [-0.25, -0.2) is 19.9 Å². The van der Waals surface area contributed by atoms with Gasteiger partial charge in [0.05, 0.1) is 11.2 Å². The van der Waals surface area contributed by atoms with Crippen LogP contribution in [-0.4, -0.2) is 19.9 Å². The molecule has 0 radical (unpaired) electrons. The third-order valence-corrected chi connectivity index (χ3v) is 13.5. The van der Waals surface area contributed by atoms with E-state index in [1.807, 2.05) is 29.5 Å². The van der Waals surface area contributed by atoms with E-state index in [-0.39, 0.29) is 5.41 Å². The van der Waals surface area contributed by atoms with Crippen LogP contribution < -0.4 is 0 Å². The van der Waals surface area contributed by atoms with Crippen molar-refractivity contribution >= 4 is 53.2 Å². The Labute approximate surface area is 351 Å². The molecular formula is C55H36N4S. The van der Waals surface area contributed by atoms with Crippen LogP contribution in [0.3, 0.4) is 0 Å². The first-order valence-electron chi connectivity index (χ1n) is 20.4. The Hall–Kier alpha value is -7.34. The summed E-state index contributed by atoms with van der Waals surface area (Å²) in [4.78, 5) is 20.5. The molecule has 12 rings (SSSR count). The zero-order valence-corrected chi connectivity index (χ0v) is 33.8. The lowest BCUT2D eigenvalue weighted by Gasteiger charge is -2.21. The smallest absolute Gasteiger partial charge is 0.164 e. The quantitative estimate of drug-likeness (QED) is 0.163. The zero-order valence-electron chi connectivity index (χ0n) is 33.0. The maximum Gasteiger partial charge on any atom is 0.164 e. The minimum atomic E-state index is -0.0726. The summed E-state index contributed by atoms with van der Waals surface area (Å²) in [6, 6.07) is 64.7. The second-order valence-electron chi connectivity index (χ2n) is 16.2. The molecule has 0 bridgehead atoms. The summed E-state index contributed by atoms with van der Waals surface area (Å²) in [6.07, 6.45) is 0. The van der Waals surface area contributed by atoms with Gasteiger partial charge >= 0.3 is 0 Å². The molecule has 0 spiro atoms. The molecule has 0 fully saturated rings. The molecule has 60 heavy (non-hydrogen) atoms. The maximum absolute atomic E-state index is 5.20. The van der Waals surface area contributed by atoms with Crippen LogP contribution in [0.5, 0.6) is 0 Å². The summed E-state index contributed by atoms with van der Waals surface area (Å²) in [5.74, 6) is 1.96. The van der Waals surface area contributed by atoms with E-state index in [0.29, 0.717) is 17.5 Å². The highest BCUT2D eigenvalue weighted by Gasteiger charge is 2.35. The van der Waals surface area contributed by atoms with E-state index < -0.39 is 0 Å². The number of rotatable bonds is 5. The highest BCUT2D eigenvalue weighted by molar-refractivity contribution is 7.27. The highest BCUT2D eigenvalue weighted by Crippen LogP contribution is 2.50. The first-order valence-corrected chi connectivity index (χ1v) is 21.2. The lowest BCUT2D eigenvalue weighted by atomic mass is 9.82. The van der Waals surface area contributed by atoms with Gasteiger partial charge < -0.3 is 0 Å². The van der Waals surface area contributed by atoms with Crippen molar-refractivity contribution in [2.24, 2.45) is 0 Å². The van der Waals surface area contributed by atoms with Crippen molar-refractivity contribution in [3.63, 3.8) is 0 Å². The van der Waals surface area contributed by atoms with Crippen LogP contribution in [0.25, 0.3) is 110 Å². The molecule has 4 nitrogen and oxygen atoms in total. The Morgan fingerprint density at radius 1 is 0.383 bits per heavy atom. The minimum absolute atomic E-state index is 0.0726. The Bertz CT molecular complexity index is 3500. The number of hydrogen-bond acceptors (Lipinski definition) is 5. The Kier molecular flexibility index (Phi) is 7.72. The first-order chi connectivity index (χ1) is 29.5. The molecule has 1 aliphatic carbocycles. The Morgan fingerprint density at radius 3 is 1.75 bits per heavy atom. The zero-order chi connectivity index (χ0) is 40.0. The van der Waals surface area contributed by atoms with Crippen molar-refractivity contribution in [2.45, 2.75) is 19.3 Å². The number of pyridine rings is 1. The lowest BCUT2D eigenvalue weighted by molar-refractivity contribution is 0.660. The molecule has 282 valence electrons. The van der Waals surface area contributed by atoms with Crippen molar-refractivity contribution < 1.29 is 0 Å².